The quantitative estimate of drug-likeness (QED) is 0.613. The van der Waals surface area contributed by atoms with E-state index in [0.29, 0.717) is 0 Å². The summed E-state index contributed by atoms with van der Waals surface area (Å²) in [6.07, 6.45) is 0. The molecule has 0 bridgehead atoms. The van der Waals surface area contributed by atoms with E-state index in [1.165, 1.54) is 0 Å². The summed E-state index contributed by atoms with van der Waals surface area (Å²) in [4.78, 5) is 11.6. The number of rotatable bonds is 5. The van der Waals surface area contributed by atoms with Crippen LogP contribution in [0.1, 0.15) is 22.8 Å². The Balaban J connectivity index is 3.23. The van der Waals surface area contributed by atoms with Crippen molar-refractivity contribution in [1.82, 2.24) is 0 Å². The molecule has 0 atom stereocenters. The Kier molecular flexibility index (Phi) is 5.46. The van der Waals surface area contributed by atoms with E-state index in [0.717, 1.165) is 12.1 Å². The number of hydrogen-bond acceptors (Lipinski definition) is 3. The van der Waals surface area contributed by atoms with Crippen LogP contribution in [0.2, 0.25) is 0 Å². The van der Waals surface area contributed by atoms with Crippen molar-refractivity contribution < 1.29 is 27.4 Å². The van der Waals surface area contributed by atoms with Gasteiger partial charge in [-0.25, -0.2) is 9.18 Å². The fourth-order valence-corrected chi connectivity index (χ4v) is 1.92. The Bertz CT molecular complexity index is 438. The maximum Gasteiger partial charge on any atom is 0.387 e. The number of esters is 1. The van der Waals surface area contributed by atoms with Gasteiger partial charge in [-0.3, -0.25) is 0 Å². The van der Waals surface area contributed by atoms with Gasteiger partial charge in [-0.2, -0.15) is 8.78 Å². The highest BCUT2D eigenvalue weighted by atomic mass is 79.9. The molecule has 0 saturated heterocycles. The first kappa shape index (κ1) is 14.8. The lowest BCUT2D eigenvalue weighted by molar-refractivity contribution is -0.0505. The number of carbonyl (C=O) groups excluding carboxylic acids is 1. The minimum Gasteiger partial charge on any atom is -0.462 e. The minimum atomic E-state index is -3.10. The van der Waals surface area contributed by atoms with E-state index in [2.05, 4.69) is 20.7 Å². The van der Waals surface area contributed by atoms with Crippen molar-refractivity contribution in [1.29, 1.82) is 0 Å². The highest BCUT2D eigenvalue weighted by Gasteiger charge is 2.20. The molecule has 1 aromatic rings. The van der Waals surface area contributed by atoms with Gasteiger partial charge in [0.1, 0.15) is 11.6 Å². The molecule has 0 fully saturated rings. The van der Waals surface area contributed by atoms with E-state index >= 15 is 0 Å². The number of carbonyl (C=O) groups is 1. The number of benzene rings is 1. The van der Waals surface area contributed by atoms with Crippen molar-refractivity contribution in [3.63, 3.8) is 0 Å². The van der Waals surface area contributed by atoms with Crippen molar-refractivity contribution >= 4 is 21.9 Å². The Hall–Kier alpha value is -1.24. The van der Waals surface area contributed by atoms with Crippen LogP contribution in [0, 0.1) is 5.82 Å². The summed E-state index contributed by atoms with van der Waals surface area (Å²) >= 11 is 3.04. The molecule has 0 N–H and O–H groups in total. The second kappa shape index (κ2) is 6.63. The van der Waals surface area contributed by atoms with Crippen LogP contribution in [0.4, 0.5) is 13.2 Å². The average Bonchev–Trinajstić information content (AvgIpc) is 2.27. The van der Waals surface area contributed by atoms with Crippen molar-refractivity contribution in [2.45, 2.75) is 18.9 Å². The zero-order valence-corrected chi connectivity index (χ0v) is 11.0. The van der Waals surface area contributed by atoms with Crippen LogP contribution in [0.15, 0.2) is 12.1 Å². The number of alkyl halides is 3. The van der Waals surface area contributed by atoms with E-state index < -0.39 is 18.4 Å². The summed E-state index contributed by atoms with van der Waals surface area (Å²) in [6.45, 7) is -1.41. The first-order valence-corrected chi connectivity index (χ1v) is 6.12. The molecule has 0 radical (unpaired) electrons. The number of halogens is 4. The molecule has 18 heavy (non-hydrogen) atoms. The van der Waals surface area contributed by atoms with Gasteiger partial charge in [0.25, 0.3) is 0 Å². The molecule has 0 unspecified atom stereocenters. The molecule has 100 valence electrons. The van der Waals surface area contributed by atoms with Gasteiger partial charge in [-0.1, -0.05) is 15.9 Å². The molecule has 0 saturated carbocycles. The Morgan fingerprint density at radius 3 is 2.61 bits per heavy atom. The molecule has 0 aliphatic rings. The van der Waals surface area contributed by atoms with Gasteiger partial charge in [-0.15, -0.1) is 0 Å². The zero-order chi connectivity index (χ0) is 13.7. The molecule has 0 aromatic heterocycles. The minimum absolute atomic E-state index is 0.0590. The third-order valence-corrected chi connectivity index (χ3v) is 2.58. The molecule has 0 amide bonds. The van der Waals surface area contributed by atoms with E-state index in [-0.39, 0.29) is 28.8 Å². The topological polar surface area (TPSA) is 35.5 Å². The van der Waals surface area contributed by atoms with Gasteiger partial charge in [0.2, 0.25) is 0 Å². The predicted octanol–water partition coefficient (Wildman–Crippen LogP) is 3.50. The third kappa shape index (κ3) is 3.63. The molecule has 7 heteroatoms. The zero-order valence-electron chi connectivity index (χ0n) is 9.38. The fraction of sp³-hybridized carbons (Fsp3) is 0.364. The van der Waals surface area contributed by atoms with Crippen LogP contribution in [-0.4, -0.2) is 19.2 Å². The third-order valence-electron chi connectivity index (χ3n) is 2.02. The Morgan fingerprint density at radius 2 is 2.11 bits per heavy atom. The molecule has 3 nitrogen and oxygen atoms in total. The van der Waals surface area contributed by atoms with Crippen LogP contribution in [0.3, 0.4) is 0 Å². The molecular weight excluding hydrogens is 317 g/mol. The van der Waals surface area contributed by atoms with Gasteiger partial charge in [0.05, 0.1) is 12.2 Å². The van der Waals surface area contributed by atoms with Crippen molar-refractivity contribution in [2.75, 3.05) is 6.61 Å². The summed E-state index contributed by atoms with van der Waals surface area (Å²) < 4.78 is 46.5. The van der Waals surface area contributed by atoms with E-state index in [1.807, 2.05) is 0 Å². The maximum atomic E-state index is 13.2. The molecular formula is C11H10BrF3O3. The van der Waals surface area contributed by atoms with E-state index in [4.69, 9.17) is 4.74 Å². The highest BCUT2D eigenvalue weighted by Crippen LogP contribution is 2.28. The smallest absolute Gasteiger partial charge is 0.387 e. The van der Waals surface area contributed by atoms with Gasteiger partial charge in [0.15, 0.2) is 0 Å². The summed E-state index contributed by atoms with van der Waals surface area (Å²) in [7, 11) is 0. The fourth-order valence-electron chi connectivity index (χ4n) is 1.34. The number of ether oxygens (including phenoxy) is 2. The molecule has 0 spiro atoms. The van der Waals surface area contributed by atoms with Crippen LogP contribution in [0.25, 0.3) is 0 Å². The van der Waals surface area contributed by atoms with Crippen LogP contribution in [-0.2, 0) is 10.1 Å². The van der Waals surface area contributed by atoms with Crippen LogP contribution < -0.4 is 4.74 Å². The van der Waals surface area contributed by atoms with Crippen molar-refractivity contribution in [2.24, 2.45) is 0 Å². The first-order chi connectivity index (χ1) is 8.49. The van der Waals surface area contributed by atoms with E-state index in [9.17, 15) is 18.0 Å². The normalized spacial score (nSPS) is 10.6. The van der Waals surface area contributed by atoms with Crippen molar-refractivity contribution in [3.8, 4) is 5.75 Å². The summed E-state index contributed by atoms with van der Waals surface area (Å²) in [6, 6.07) is 1.72. The second-order valence-corrected chi connectivity index (χ2v) is 3.72. The SMILES string of the molecule is CCOC(=O)c1cc(F)cc(OC(F)F)c1CBr. The predicted molar refractivity (Wildman–Crippen MR) is 61.6 cm³/mol. The standard InChI is InChI=1S/C11H10BrF3O3/c1-2-17-10(16)7-3-6(13)4-9(8(7)5-12)18-11(14)15/h3-4,11H,2,5H2,1H3. The Morgan fingerprint density at radius 1 is 1.44 bits per heavy atom. The molecule has 1 aromatic carbocycles. The largest absolute Gasteiger partial charge is 0.462 e. The summed E-state index contributed by atoms with van der Waals surface area (Å²) in [5.74, 6) is -2.02. The van der Waals surface area contributed by atoms with Gasteiger partial charge in [-0.05, 0) is 13.0 Å². The van der Waals surface area contributed by atoms with Gasteiger partial charge >= 0.3 is 12.6 Å². The lowest BCUT2D eigenvalue weighted by Crippen LogP contribution is -2.11. The maximum absolute atomic E-state index is 13.2. The molecule has 1 rings (SSSR count). The Labute approximate surface area is 110 Å². The lowest BCUT2D eigenvalue weighted by Gasteiger charge is -2.13. The number of hydrogen-bond donors (Lipinski definition) is 0. The second-order valence-electron chi connectivity index (χ2n) is 3.16. The molecule has 0 aliphatic carbocycles. The van der Waals surface area contributed by atoms with Gasteiger partial charge in [0, 0.05) is 17.0 Å². The summed E-state index contributed by atoms with van der Waals surface area (Å²) in [5, 5.41) is 0.0590. The monoisotopic (exact) mass is 326 g/mol. The highest BCUT2D eigenvalue weighted by molar-refractivity contribution is 9.08. The van der Waals surface area contributed by atoms with Crippen LogP contribution >= 0.6 is 15.9 Å². The van der Waals surface area contributed by atoms with Crippen molar-refractivity contribution in [3.05, 3.63) is 29.1 Å². The first-order valence-electron chi connectivity index (χ1n) is 4.99. The van der Waals surface area contributed by atoms with Crippen LogP contribution in [0.5, 0.6) is 5.75 Å². The molecule has 0 aliphatic heterocycles. The lowest BCUT2D eigenvalue weighted by atomic mass is 10.1. The van der Waals surface area contributed by atoms with Gasteiger partial charge < -0.3 is 9.47 Å². The molecule has 0 heterocycles. The average molecular weight is 327 g/mol. The summed E-state index contributed by atoms with van der Waals surface area (Å²) in [5.41, 5.74) is -0.0143. The van der Waals surface area contributed by atoms with E-state index in [1.54, 1.807) is 6.92 Å².